The summed E-state index contributed by atoms with van der Waals surface area (Å²) >= 11 is 0. The van der Waals surface area contributed by atoms with Crippen molar-refractivity contribution in [2.75, 3.05) is 13.2 Å². The Balaban J connectivity index is 1.39. The number of hydrogen-bond donors (Lipinski definition) is 2. The van der Waals surface area contributed by atoms with Crippen molar-refractivity contribution < 1.29 is 24.1 Å². The zero-order chi connectivity index (χ0) is 23.1. The second kappa shape index (κ2) is 8.23. The molecule has 5 rings (SSSR count). The van der Waals surface area contributed by atoms with E-state index in [2.05, 4.69) is 10.3 Å². The molecular weight excluding hydrogens is 429 g/mol. The molecule has 9 nitrogen and oxygen atoms in total. The molecule has 1 fully saturated rings. The molecule has 2 atom stereocenters. The molecule has 0 aliphatic carbocycles. The van der Waals surface area contributed by atoms with Gasteiger partial charge in [0, 0.05) is 18.2 Å². The van der Waals surface area contributed by atoms with Crippen molar-refractivity contribution in [2.45, 2.75) is 18.6 Å². The molecule has 4 aromatic rings. The zero-order valence-corrected chi connectivity index (χ0v) is 17.4. The molecule has 1 amide bonds. The van der Waals surface area contributed by atoms with E-state index in [1.807, 2.05) is 0 Å². The van der Waals surface area contributed by atoms with Crippen molar-refractivity contribution in [1.82, 2.24) is 19.9 Å². The molecule has 10 heteroatoms. The fourth-order valence-electron chi connectivity index (χ4n) is 4.14. The van der Waals surface area contributed by atoms with E-state index in [4.69, 9.17) is 0 Å². The lowest BCUT2D eigenvalue weighted by Gasteiger charge is -2.22. The van der Waals surface area contributed by atoms with E-state index in [9.17, 15) is 24.6 Å². The molecular formula is C23H20FN5O4. The number of pyridine rings is 1. The number of likely N-dealkylation sites (tertiary alicyclic amines) is 1. The quantitative estimate of drug-likeness (QED) is 0.359. The van der Waals surface area contributed by atoms with E-state index in [-0.39, 0.29) is 19.1 Å². The Hall–Kier alpha value is -3.89. The van der Waals surface area contributed by atoms with Crippen LogP contribution in [0.2, 0.25) is 0 Å². The van der Waals surface area contributed by atoms with Crippen molar-refractivity contribution in [3.63, 3.8) is 0 Å². The van der Waals surface area contributed by atoms with Gasteiger partial charge in [-0.15, -0.1) is 5.10 Å². The number of amides is 1. The largest absolute Gasteiger partial charge is 0.618 e. The number of aliphatic hydroxyl groups is 2. The van der Waals surface area contributed by atoms with Gasteiger partial charge in [-0.1, -0.05) is 5.21 Å². The van der Waals surface area contributed by atoms with Crippen LogP contribution in [0.5, 0.6) is 0 Å². The maximum absolute atomic E-state index is 13.6. The highest BCUT2D eigenvalue weighted by Crippen LogP contribution is 2.23. The lowest BCUT2D eigenvalue weighted by Crippen LogP contribution is -2.37. The third kappa shape index (κ3) is 3.90. The smallest absolute Gasteiger partial charge is 0.254 e. The zero-order valence-electron chi connectivity index (χ0n) is 17.4. The number of aliphatic hydroxyl groups excluding tert-OH is 2. The number of rotatable bonds is 4. The number of carbonyl (C=O) groups is 1. The van der Waals surface area contributed by atoms with Gasteiger partial charge in [0.15, 0.2) is 6.20 Å². The molecule has 2 aromatic heterocycles. The van der Waals surface area contributed by atoms with Gasteiger partial charge in [0.1, 0.15) is 11.5 Å². The maximum Gasteiger partial charge on any atom is 0.254 e. The van der Waals surface area contributed by atoms with Gasteiger partial charge in [0.05, 0.1) is 41.6 Å². The number of halogens is 1. The SMILES string of the molecule is O=C(c1ccc(-n2cc(-c3cc4cc(F)ccc4[n+]([O-])c3)nn2)cc1)N1C[C@H](O)C[C@H]1CO. The van der Waals surface area contributed by atoms with Crippen molar-refractivity contribution >= 4 is 16.8 Å². The molecule has 1 saturated heterocycles. The highest BCUT2D eigenvalue weighted by molar-refractivity contribution is 5.94. The summed E-state index contributed by atoms with van der Waals surface area (Å²) in [7, 11) is 0. The van der Waals surface area contributed by atoms with Gasteiger partial charge in [-0.05, 0) is 48.9 Å². The van der Waals surface area contributed by atoms with Gasteiger partial charge in [-0.2, -0.15) is 4.73 Å². The molecule has 1 aliphatic heterocycles. The second-order valence-corrected chi connectivity index (χ2v) is 8.04. The lowest BCUT2D eigenvalue weighted by atomic mass is 10.1. The summed E-state index contributed by atoms with van der Waals surface area (Å²) in [6, 6.07) is 11.9. The van der Waals surface area contributed by atoms with E-state index < -0.39 is 18.0 Å². The van der Waals surface area contributed by atoms with E-state index in [1.54, 1.807) is 36.5 Å². The molecule has 0 radical (unpaired) electrons. The third-order valence-electron chi connectivity index (χ3n) is 5.83. The van der Waals surface area contributed by atoms with Crippen LogP contribution in [0.25, 0.3) is 27.8 Å². The molecule has 168 valence electrons. The minimum atomic E-state index is -0.640. The Morgan fingerprint density at radius 1 is 1.21 bits per heavy atom. The monoisotopic (exact) mass is 449 g/mol. The predicted molar refractivity (Wildman–Crippen MR) is 116 cm³/mol. The van der Waals surface area contributed by atoms with E-state index in [1.165, 1.54) is 34.0 Å². The van der Waals surface area contributed by atoms with E-state index in [0.717, 1.165) is 0 Å². The normalized spacial score (nSPS) is 18.2. The van der Waals surface area contributed by atoms with Crippen molar-refractivity contribution in [1.29, 1.82) is 0 Å². The van der Waals surface area contributed by atoms with Crippen LogP contribution in [-0.4, -0.2) is 61.3 Å². The Labute approximate surface area is 187 Å². The topological polar surface area (TPSA) is 118 Å². The molecule has 0 saturated carbocycles. The van der Waals surface area contributed by atoms with Gasteiger partial charge >= 0.3 is 0 Å². The standard InChI is InChI=1S/C23H20FN5O4/c24-17-3-6-22-15(8-17)7-16(10-29(22)33)21-12-28(26-25-21)18-4-1-14(2-5-18)23(32)27-11-20(31)9-19(27)13-30/h1-8,10,12,19-20,30-31H,9,11,13H2/t19-,20+/m0/s1. The first-order valence-corrected chi connectivity index (χ1v) is 10.4. The number of benzene rings is 2. The van der Waals surface area contributed by atoms with Gasteiger partial charge in [-0.3, -0.25) is 4.79 Å². The van der Waals surface area contributed by atoms with Crippen LogP contribution in [0.15, 0.2) is 60.9 Å². The van der Waals surface area contributed by atoms with Crippen LogP contribution in [-0.2, 0) is 0 Å². The average Bonchev–Trinajstić information content (AvgIpc) is 3.45. The fraction of sp³-hybridized carbons (Fsp3) is 0.217. The van der Waals surface area contributed by atoms with Crippen LogP contribution in [0.1, 0.15) is 16.8 Å². The van der Waals surface area contributed by atoms with Crippen molar-refractivity contribution in [3.8, 4) is 16.9 Å². The first-order chi connectivity index (χ1) is 15.9. The molecule has 33 heavy (non-hydrogen) atoms. The Morgan fingerprint density at radius 3 is 2.76 bits per heavy atom. The number of β-amino-alcohol motifs (C(OH)–C–C–N with tert-alkyl or cyclic N) is 1. The lowest BCUT2D eigenvalue weighted by molar-refractivity contribution is -0.576. The van der Waals surface area contributed by atoms with Crippen molar-refractivity contribution in [2.24, 2.45) is 0 Å². The molecule has 2 aromatic carbocycles. The average molecular weight is 449 g/mol. The van der Waals surface area contributed by atoms with Crippen LogP contribution in [0, 0.1) is 11.0 Å². The number of carbonyl (C=O) groups excluding carboxylic acids is 1. The molecule has 0 bridgehead atoms. The summed E-state index contributed by atoms with van der Waals surface area (Å²) in [5, 5.41) is 40.3. The maximum atomic E-state index is 13.6. The minimum Gasteiger partial charge on any atom is -0.618 e. The molecule has 0 unspecified atom stereocenters. The van der Waals surface area contributed by atoms with Crippen molar-refractivity contribution in [3.05, 3.63) is 77.5 Å². The molecule has 2 N–H and O–H groups in total. The summed E-state index contributed by atoms with van der Waals surface area (Å²) < 4.78 is 15.8. The number of fused-ring (bicyclic) bond motifs is 1. The highest BCUT2D eigenvalue weighted by Gasteiger charge is 2.34. The first kappa shape index (κ1) is 21.0. The Morgan fingerprint density at radius 2 is 2.00 bits per heavy atom. The van der Waals surface area contributed by atoms with E-state index in [0.29, 0.717) is 44.6 Å². The summed E-state index contributed by atoms with van der Waals surface area (Å²) in [5.41, 5.74) is 2.34. The van der Waals surface area contributed by atoms with E-state index >= 15 is 0 Å². The minimum absolute atomic E-state index is 0.188. The molecule has 1 aliphatic rings. The van der Waals surface area contributed by atoms with Crippen LogP contribution < -0.4 is 4.73 Å². The molecule has 0 spiro atoms. The summed E-state index contributed by atoms with van der Waals surface area (Å²) in [4.78, 5) is 14.3. The number of nitrogens with zero attached hydrogens (tertiary/aromatic N) is 5. The van der Waals surface area contributed by atoms with Crippen LogP contribution in [0.4, 0.5) is 4.39 Å². The fourth-order valence-corrected chi connectivity index (χ4v) is 4.14. The number of hydrogen-bond acceptors (Lipinski definition) is 6. The van der Waals surface area contributed by atoms with Gasteiger partial charge < -0.3 is 20.3 Å². The second-order valence-electron chi connectivity index (χ2n) is 8.04. The third-order valence-corrected chi connectivity index (χ3v) is 5.83. The highest BCUT2D eigenvalue weighted by atomic mass is 19.1. The van der Waals surface area contributed by atoms with Gasteiger partial charge in [-0.25, -0.2) is 9.07 Å². The van der Waals surface area contributed by atoms with Gasteiger partial charge in [0.2, 0.25) is 5.52 Å². The summed E-state index contributed by atoms with van der Waals surface area (Å²) in [5.74, 6) is -0.702. The summed E-state index contributed by atoms with van der Waals surface area (Å²) in [6.07, 6.45) is 2.71. The Kier molecular flexibility index (Phi) is 5.23. The number of aromatic nitrogens is 4. The van der Waals surface area contributed by atoms with Crippen LogP contribution in [0.3, 0.4) is 0 Å². The first-order valence-electron chi connectivity index (χ1n) is 10.4. The summed E-state index contributed by atoms with van der Waals surface area (Å²) in [6.45, 7) is -0.0129. The Bertz CT molecular complexity index is 1340. The predicted octanol–water partition coefficient (Wildman–Crippen LogP) is 1.43. The molecule has 3 heterocycles. The van der Waals surface area contributed by atoms with Crippen LogP contribution >= 0.6 is 0 Å². The van der Waals surface area contributed by atoms with Gasteiger partial charge in [0.25, 0.3) is 5.91 Å².